The maximum Gasteiger partial charge on any atom is 0.239 e. The number of amides is 2. The Bertz CT molecular complexity index is 519. The number of benzene rings is 1. The first-order chi connectivity index (χ1) is 9.04. The fraction of sp³-hybridized carbons (Fsp3) is 0.385. The molecule has 6 heteroatoms. The topological polar surface area (TPSA) is 49.4 Å². The van der Waals surface area contributed by atoms with E-state index in [2.05, 4.69) is 5.32 Å². The molecule has 1 aliphatic rings. The summed E-state index contributed by atoms with van der Waals surface area (Å²) in [5.74, 6) is -1.05. The van der Waals surface area contributed by atoms with Gasteiger partial charge in [-0.1, -0.05) is 23.2 Å². The third-order valence-corrected chi connectivity index (χ3v) is 3.61. The largest absolute Gasteiger partial charge is 0.356 e. The second kappa shape index (κ2) is 5.80. The van der Waals surface area contributed by atoms with E-state index in [1.807, 2.05) is 6.92 Å². The maximum atomic E-state index is 12.2. The molecule has 0 saturated carbocycles. The Morgan fingerprint density at radius 2 is 2.21 bits per heavy atom. The summed E-state index contributed by atoms with van der Waals surface area (Å²) in [4.78, 5) is 25.5. The minimum Gasteiger partial charge on any atom is -0.356 e. The number of hydrogen-bond donors (Lipinski definition) is 1. The molecule has 2 amide bonds. The molecule has 1 aliphatic heterocycles. The first-order valence-electron chi connectivity index (χ1n) is 6.08. The van der Waals surface area contributed by atoms with Gasteiger partial charge in [-0.25, -0.2) is 0 Å². The molecule has 1 heterocycles. The van der Waals surface area contributed by atoms with E-state index in [4.69, 9.17) is 23.2 Å². The molecule has 0 aromatic heterocycles. The summed E-state index contributed by atoms with van der Waals surface area (Å²) in [6, 6.07) is 4.96. The van der Waals surface area contributed by atoms with Crippen LogP contribution in [0.2, 0.25) is 10.0 Å². The van der Waals surface area contributed by atoms with Gasteiger partial charge < -0.3 is 10.2 Å². The van der Waals surface area contributed by atoms with Crippen molar-refractivity contribution in [1.82, 2.24) is 5.32 Å². The minimum atomic E-state index is -0.619. The molecule has 0 bridgehead atoms. The number of halogens is 2. The van der Waals surface area contributed by atoms with Crippen molar-refractivity contribution in [2.75, 3.05) is 18.0 Å². The van der Waals surface area contributed by atoms with E-state index in [0.29, 0.717) is 35.2 Å². The average molecular weight is 301 g/mol. The van der Waals surface area contributed by atoms with Gasteiger partial charge in [-0.05, 0) is 31.5 Å². The highest BCUT2D eigenvalue weighted by Crippen LogP contribution is 2.33. The number of nitrogens with zero attached hydrogens (tertiary/aromatic N) is 1. The zero-order valence-corrected chi connectivity index (χ0v) is 12.0. The lowest BCUT2D eigenvalue weighted by Gasteiger charge is -2.18. The minimum absolute atomic E-state index is 0.213. The van der Waals surface area contributed by atoms with Crippen LogP contribution < -0.4 is 10.2 Å². The van der Waals surface area contributed by atoms with Gasteiger partial charge in [-0.2, -0.15) is 0 Å². The van der Waals surface area contributed by atoms with Crippen LogP contribution in [0.5, 0.6) is 0 Å². The molecule has 1 atom stereocenters. The highest BCUT2D eigenvalue weighted by Gasteiger charge is 2.37. The summed E-state index contributed by atoms with van der Waals surface area (Å²) in [5, 5.41) is 3.60. The van der Waals surface area contributed by atoms with Crippen molar-refractivity contribution in [2.24, 2.45) is 5.92 Å². The lowest BCUT2D eigenvalue weighted by molar-refractivity contribution is -0.132. The van der Waals surface area contributed by atoms with Crippen LogP contribution in [0.1, 0.15) is 13.3 Å². The van der Waals surface area contributed by atoms with Gasteiger partial charge in [-0.3, -0.25) is 9.59 Å². The SMILES string of the molecule is CCNC(=O)C1CCN(c2ccc(Cl)cc2Cl)C1=O. The molecule has 2 rings (SSSR count). The third kappa shape index (κ3) is 2.85. The molecule has 1 N–H and O–H groups in total. The predicted octanol–water partition coefficient (Wildman–Crippen LogP) is 2.48. The summed E-state index contributed by atoms with van der Waals surface area (Å²) in [7, 11) is 0. The third-order valence-electron chi connectivity index (χ3n) is 3.07. The zero-order chi connectivity index (χ0) is 14.0. The summed E-state index contributed by atoms with van der Waals surface area (Å²) < 4.78 is 0. The van der Waals surface area contributed by atoms with E-state index < -0.39 is 5.92 Å². The maximum absolute atomic E-state index is 12.2. The van der Waals surface area contributed by atoms with Gasteiger partial charge in [0.25, 0.3) is 0 Å². The lowest BCUT2D eigenvalue weighted by atomic mass is 10.1. The Kier molecular flexibility index (Phi) is 4.32. The van der Waals surface area contributed by atoms with Crippen LogP contribution in [0, 0.1) is 5.92 Å². The van der Waals surface area contributed by atoms with Crippen molar-refractivity contribution in [3.63, 3.8) is 0 Å². The average Bonchev–Trinajstić information content (AvgIpc) is 2.72. The van der Waals surface area contributed by atoms with E-state index in [1.165, 1.54) is 0 Å². The van der Waals surface area contributed by atoms with Crippen LogP contribution in [0.4, 0.5) is 5.69 Å². The second-order valence-corrected chi connectivity index (χ2v) is 5.17. The predicted molar refractivity (Wildman–Crippen MR) is 75.6 cm³/mol. The van der Waals surface area contributed by atoms with Crippen LogP contribution >= 0.6 is 23.2 Å². The molecule has 0 radical (unpaired) electrons. The van der Waals surface area contributed by atoms with Crippen LogP contribution in [-0.2, 0) is 9.59 Å². The Morgan fingerprint density at radius 3 is 2.84 bits per heavy atom. The quantitative estimate of drug-likeness (QED) is 0.872. The first kappa shape index (κ1) is 14.2. The highest BCUT2D eigenvalue weighted by atomic mass is 35.5. The number of rotatable bonds is 3. The zero-order valence-electron chi connectivity index (χ0n) is 10.5. The van der Waals surface area contributed by atoms with Crippen molar-refractivity contribution in [2.45, 2.75) is 13.3 Å². The molecule has 1 saturated heterocycles. The summed E-state index contributed by atoms with van der Waals surface area (Å²) in [5.41, 5.74) is 0.600. The molecule has 1 aromatic carbocycles. The molecule has 19 heavy (non-hydrogen) atoms. The molecule has 1 fully saturated rings. The van der Waals surface area contributed by atoms with Crippen LogP contribution in [-0.4, -0.2) is 24.9 Å². The van der Waals surface area contributed by atoms with E-state index in [-0.39, 0.29) is 11.8 Å². The second-order valence-electron chi connectivity index (χ2n) is 4.32. The van der Waals surface area contributed by atoms with Crippen LogP contribution in [0.25, 0.3) is 0 Å². The molecule has 0 aliphatic carbocycles. The van der Waals surface area contributed by atoms with Gasteiger partial charge in [0, 0.05) is 18.1 Å². The molecule has 0 spiro atoms. The number of carbonyl (C=O) groups is 2. The highest BCUT2D eigenvalue weighted by molar-refractivity contribution is 6.37. The van der Waals surface area contributed by atoms with Crippen molar-refractivity contribution in [3.8, 4) is 0 Å². The smallest absolute Gasteiger partial charge is 0.239 e. The summed E-state index contributed by atoms with van der Waals surface area (Å²) in [6.45, 7) is 2.83. The number of hydrogen-bond acceptors (Lipinski definition) is 2. The van der Waals surface area contributed by atoms with Crippen molar-refractivity contribution >= 4 is 40.7 Å². The normalized spacial score (nSPS) is 18.8. The molecule has 4 nitrogen and oxygen atoms in total. The summed E-state index contributed by atoms with van der Waals surface area (Å²) in [6.07, 6.45) is 0.504. The molecule has 1 unspecified atom stereocenters. The van der Waals surface area contributed by atoms with Gasteiger partial charge in [0.1, 0.15) is 5.92 Å². The van der Waals surface area contributed by atoms with E-state index >= 15 is 0 Å². The molecule has 102 valence electrons. The molecule has 1 aromatic rings. The standard InChI is InChI=1S/C13H14Cl2N2O2/c1-2-16-12(18)9-5-6-17(13(9)19)11-4-3-8(14)7-10(11)15/h3-4,7,9H,2,5-6H2,1H3,(H,16,18). The Hall–Kier alpha value is -1.26. The first-order valence-corrected chi connectivity index (χ1v) is 6.84. The van der Waals surface area contributed by atoms with Crippen LogP contribution in [0.3, 0.4) is 0 Å². The van der Waals surface area contributed by atoms with Gasteiger partial charge in [0.05, 0.1) is 10.7 Å². The van der Waals surface area contributed by atoms with E-state index in [0.717, 1.165) is 0 Å². The van der Waals surface area contributed by atoms with Crippen LogP contribution in [0.15, 0.2) is 18.2 Å². The van der Waals surface area contributed by atoms with Crippen molar-refractivity contribution in [3.05, 3.63) is 28.2 Å². The Balaban J connectivity index is 2.20. The van der Waals surface area contributed by atoms with Crippen molar-refractivity contribution in [1.29, 1.82) is 0 Å². The Labute approximate surface area is 121 Å². The fourth-order valence-corrected chi connectivity index (χ4v) is 2.67. The monoisotopic (exact) mass is 300 g/mol. The number of carbonyl (C=O) groups excluding carboxylic acids is 2. The van der Waals surface area contributed by atoms with Gasteiger partial charge in [-0.15, -0.1) is 0 Å². The lowest BCUT2D eigenvalue weighted by Crippen LogP contribution is -2.36. The van der Waals surface area contributed by atoms with Gasteiger partial charge in [0.15, 0.2) is 0 Å². The van der Waals surface area contributed by atoms with Gasteiger partial charge in [0.2, 0.25) is 11.8 Å². The number of nitrogens with one attached hydrogen (secondary N) is 1. The van der Waals surface area contributed by atoms with Gasteiger partial charge >= 0.3 is 0 Å². The number of anilines is 1. The van der Waals surface area contributed by atoms with Crippen molar-refractivity contribution < 1.29 is 9.59 Å². The fourth-order valence-electron chi connectivity index (χ4n) is 2.16. The molecular formula is C13H14Cl2N2O2. The Morgan fingerprint density at radius 1 is 1.47 bits per heavy atom. The molecular weight excluding hydrogens is 287 g/mol. The summed E-state index contributed by atoms with van der Waals surface area (Å²) >= 11 is 11.9. The van der Waals surface area contributed by atoms with E-state index in [1.54, 1.807) is 23.1 Å². The van der Waals surface area contributed by atoms with E-state index in [9.17, 15) is 9.59 Å².